The van der Waals surface area contributed by atoms with Gasteiger partial charge in [-0.05, 0) is 49.2 Å². The Labute approximate surface area is 186 Å². The highest BCUT2D eigenvalue weighted by Gasteiger charge is 2.19. The van der Waals surface area contributed by atoms with Gasteiger partial charge in [0.15, 0.2) is 0 Å². The molecule has 1 atom stereocenters. The van der Waals surface area contributed by atoms with E-state index in [-0.39, 0.29) is 33.6 Å². The van der Waals surface area contributed by atoms with Crippen LogP contribution in [0.15, 0.2) is 51.7 Å². The summed E-state index contributed by atoms with van der Waals surface area (Å²) in [5.74, 6) is -1.01. The molecule has 1 saturated heterocycles. The summed E-state index contributed by atoms with van der Waals surface area (Å²) in [6.45, 7) is 1.01. The maximum Gasteiger partial charge on any atom is 0.349 e. The molecule has 1 aromatic heterocycles. The number of ether oxygens (including phenoxy) is 2. The average molecular weight is 462 g/mol. The molecule has 1 amide bonds. The van der Waals surface area contributed by atoms with Crippen molar-refractivity contribution in [1.82, 2.24) is 5.32 Å². The number of rotatable bonds is 5. The van der Waals surface area contributed by atoms with Crippen LogP contribution in [0.2, 0.25) is 10.0 Å². The van der Waals surface area contributed by atoms with E-state index in [1.54, 1.807) is 6.07 Å². The zero-order chi connectivity index (χ0) is 22.0. The van der Waals surface area contributed by atoms with Crippen molar-refractivity contribution in [3.8, 4) is 5.75 Å². The van der Waals surface area contributed by atoms with Crippen LogP contribution in [0.1, 0.15) is 33.6 Å². The Morgan fingerprint density at radius 2 is 1.94 bits per heavy atom. The van der Waals surface area contributed by atoms with Gasteiger partial charge in [0.05, 0.1) is 21.7 Å². The van der Waals surface area contributed by atoms with Crippen molar-refractivity contribution < 1.29 is 23.5 Å². The molecule has 0 saturated carbocycles. The highest BCUT2D eigenvalue weighted by Crippen LogP contribution is 2.25. The largest absolute Gasteiger partial charge is 0.423 e. The van der Waals surface area contributed by atoms with Crippen LogP contribution in [-0.2, 0) is 4.74 Å². The molecule has 1 unspecified atom stereocenters. The third kappa shape index (κ3) is 4.90. The Hall–Kier alpha value is -2.87. The van der Waals surface area contributed by atoms with E-state index in [1.807, 2.05) is 0 Å². The van der Waals surface area contributed by atoms with Crippen molar-refractivity contribution in [2.24, 2.45) is 0 Å². The molecule has 2 aromatic carbocycles. The second kappa shape index (κ2) is 9.09. The molecule has 1 aliphatic heterocycles. The van der Waals surface area contributed by atoms with Crippen LogP contribution in [0.3, 0.4) is 0 Å². The van der Waals surface area contributed by atoms with E-state index in [1.165, 1.54) is 36.4 Å². The zero-order valence-electron chi connectivity index (χ0n) is 16.2. The topological polar surface area (TPSA) is 94.8 Å². The lowest BCUT2D eigenvalue weighted by molar-refractivity contribution is 0.0734. The van der Waals surface area contributed by atoms with E-state index < -0.39 is 17.5 Å². The predicted octanol–water partition coefficient (Wildman–Crippen LogP) is 4.23. The monoisotopic (exact) mass is 461 g/mol. The van der Waals surface area contributed by atoms with Gasteiger partial charge in [0.1, 0.15) is 16.9 Å². The van der Waals surface area contributed by atoms with Crippen molar-refractivity contribution in [3.05, 3.63) is 74.1 Å². The number of benzene rings is 2. The van der Waals surface area contributed by atoms with Crippen LogP contribution in [-0.4, -0.2) is 31.1 Å². The Kier molecular flexibility index (Phi) is 6.27. The maximum atomic E-state index is 12.4. The van der Waals surface area contributed by atoms with Gasteiger partial charge in [0, 0.05) is 24.6 Å². The van der Waals surface area contributed by atoms with Gasteiger partial charge in [-0.25, -0.2) is 9.59 Å². The number of amides is 1. The van der Waals surface area contributed by atoms with Crippen LogP contribution >= 0.6 is 23.2 Å². The van der Waals surface area contributed by atoms with Gasteiger partial charge in [0.25, 0.3) is 5.91 Å². The fourth-order valence-electron chi connectivity index (χ4n) is 3.21. The third-order valence-electron chi connectivity index (χ3n) is 4.83. The molecule has 1 N–H and O–H groups in total. The molecule has 0 bridgehead atoms. The molecule has 4 rings (SSSR count). The summed E-state index contributed by atoms with van der Waals surface area (Å²) < 4.78 is 16.0. The van der Waals surface area contributed by atoms with Crippen molar-refractivity contribution in [2.75, 3.05) is 13.2 Å². The molecule has 1 aliphatic rings. The van der Waals surface area contributed by atoms with Gasteiger partial charge >= 0.3 is 11.6 Å². The quantitative estimate of drug-likeness (QED) is 0.347. The summed E-state index contributed by atoms with van der Waals surface area (Å²) in [6, 6.07) is 10.3. The summed E-state index contributed by atoms with van der Waals surface area (Å²) >= 11 is 11.8. The van der Waals surface area contributed by atoms with Gasteiger partial charge in [-0.2, -0.15) is 0 Å². The van der Waals surface area contributed by atoms with E-state index in [9.17, 15) is 14.4 Å². The number of carbonyl (C=O) groups excluding carboxylic acids is 2. The number of hydrogen-bond donors (Lipinski definition) is 1. The van der Waals surface area contributed by atoms with Crippen LogP contribution in [0, 0.1) is 0 Å². The maximum absolute atomic E-state index is 12.4. The smallest absolute Gasteiger partial charge is 0.349 e. The minimum atomic E-state index is -0.787. The van der Waals surface area contributed by atoms with Crippen LogP contribution < -0.4 is 15.7 Å². The van der Waals surface area contributed by atoms with E-state index >= 15 is 0 Å². The predicted molar refractivity (Wildman–Crippen MR) is 115 cm³/mol. The molecule has 7 nitrogen and oxygen atoms in total. The van der Waals surface area contributed by atoms with E-state index in [2.05, 4.69) is 5.32 Å². The second-order valence-electron chi connectivity index (χ2n) is 7.01. The molecule has 3 aromatic rings. The van der Waals surface area contributed by atoms with E-state index in [0.29, 0.717) is 23.6 Å². The normalized spacial score (nSPS) is 15.7. The number of halogens is 2. The fourth-order valence-corrected chi connectivity index (χ4v) is 3.51. The summed E-state index contributed by atoms with van der Waals surface area (Å²) in [5.41, 5.74) is -0.495. The molecule has 0 spiro atoms. The first-order valence-corrected chi connectivity index (χ1v) is 10.3. The number of carbonyl (C=O) groups is 2. The van der Waals surface area contributed by atoms with Crippen LogP contribution in [0.5, 0.6) is 5.75 Å². The van der Waals surface area contributed by atoms with Gasteiger partial charge in [-0.1, -0.05) is 23.2 Å². The van der Waals surface area contributed by atoms with Crippen molar-refractivity contribution in [1.29, 1.82) is 0 Å². The van der Waals surface area contributed by atoms with Crippen molar-refractivity contribution >= 4 is 46.0 Å². The molecule has 0 radical (unpaired) electrons. The summed E-state index contributed by atoms with van der Waals surface area (Å²) in [4.78, 5) is 37.0. The Morgan fingerprint density at radius 1 is 1.10 bits per heavy atom. The van der Waals surface area contributed by atoms with Gasteiger partial charge < -0.3 is 19.2 Å². The molecular formula is C22H17Cl2NO6. The lowest BCUT2D eigenvalue weighted by atomic mass is 10.1. The zero-order valence-corrected chi connectivity index (χ0v) is 17.7. The molecule has 1 fully saturated rings. The molecule has 160 valence electrons. The van der Waals surface area contributed by atoms with Crippen molar-refractivity contribution in [3.63, 3.8) is 0 Å². The number of fused-ring (bicyclic) bond motifs is 1. The number of nitrogens with one attached hydrogen (secondary N) is 1. The third-order valence-corrected chi connectivity index (χ3v) is 5.57. The Bertz CT molecular complexity index is 1220. The minimum absolute atomic E-state index is 0.0378. The molecule has 31 heavy (non-hydrogen) atoms. The Morgan fingerprint density at radius 3 is 2.68 bits per heavy atom. The second-order valence-corrected chi connectivity index (χ2v) is 7.83. The van der Waals surface area contributed by atoms with E-state index in [0.717, 1.165) is 12.8 Å². The minimum Gasteiger partial charge on any atom is -0.423 e. The molecule has 0 aliphatic carbocycles. The Balaban J connectivity index is 1.50. The summed E-state index contributed by atoms with van der Waals surface area (Å²) in [5, 5.41) is 3.76. The SMILES string of the molecule is O=C(Oc1ccc2cc(C(=O)NCC3CCCO3)c(=O)oc2c1)c1ccc(Cl)c(Cl)c1. The first-order valence-electron chi connectivity index (χ1n) is 9.55. The fraction of sp³-hybridized carbons (Fsp3) is 0.227. The van der Waals surface area contributed by atoms with Gasteiger partial charge in [0.2, 0.25) is 0 Å². The standard InChI is InChI=1S/C22H17Cl2NO6/c23-17-6-4-13(9-18(17)24)21(27)30-14-5-3-12-8-16(22(28)31-19(12)10-14)20(26)25-11-15-2-1-7-29-15/h3-6,8-10,15H,1-2,7,11H2,(H,25,26). The number of esters is 1. The summed E-state index contributed by atoms with van der Waals surface area (Å²) in [7, 11) is 0. The number of hydrogen-bond acceptors (Lipinski definition) is 6. The average Bonchev–Trinajstić information content (AvgIpc) is 3.27. The lowest BCUT2D eigenvalue weighted by Crippen LogP contribution is -2.34. The highest BCUT2D eigenvalue weighted by atomic mass is 35.5. The molecule has 2 heterocycles. The van der Waals surface area contributed by atoms with Gasteiger partial charge in [-0.15, -0.1) is 0 Å². The lowest BCUT2D eigenvalue weighted by Gasteiger charge is -2.10. The van der Waals surface area contributed by atoms with E-state index in [4.69, 9.17) is 37.1 Å². The molecule has 9 heteroatoms. The highest BCUT2D eigenvalue weighted by molar-refractivity contribution is 6.42. The molecular weight excluding hydrogens is 445 g/mol. The van der Waals surface area contributed by atoms with Crippen LogP contribution in [0.25, 0.3) is 11.0 Å². The van der Waals surface area contributed by atoms with Crippen molar-refractivity contribution in [2.45, 2.75) is 18.9 Å². The summed E-state index contributed by atoms with van der Waals surface area (Å²) in [6.07, 6.45) is 1.79. The first-order chi connectivity index (χ1) is 14.9. The van der Waals surface area contributed by atoms with Gasteiger partial charge in [-0.3, -0.25) is 4.79 Å². The first kappa shape index (κ1) is 21.4. The van der Waals surface area contributed by atoms with Crippen LogP contribution in [0.4, 0.5) is 0 Å².